The van der Waals surface area contributed by atoms with Gasteiger partial charge in [-0.05, 0) is 90.2 Å². The van der Waals surface area contributed by atoms with Gasteiger partial charge in [0.25, 0.3) is 15.9 Å². The first kappa shape index (κ1) is 26.3. The maximum Gasteiger partial charge on any atom is 0.277 e. The van der Waals surface area contributed by atoms with Crippen LogP contribution in [0.5, 0.6) is 0 Å². The minimum Gasteiger partial charge on any atom is -0.352 e. The molecule has 1 aliphatic rings. The number of carbonyl (C=O) groups excluding carboxylic acids is 1. The number of hydrogen-bond acceptors (Lipinski definition) is 5. The van der Waals surface area contributed by atoms with E-state index in [1.54, 1.807) is 37.3 Å². The average Bonchev–Trinajstić information content (AvgIpc) is 3.68. The Labute approximate surface area is 222 Å². The van der Waals surface area contributed by atoms with Crippen molar-refractivity contribution < 1.29 is 26.8 Å². The number of para-hydroxylation sites is 1. The number of nitrogens with one attached hydrogen (secondary N) is 2. The maximum absolute atomic E-state index is 15.5. The van der Waals surface area contributed by atoms with Gasteiger partial charge in [-0.3, -0.25) is 13.9 Å². The average molecular weight is 627 g/mol. The monoisotopic (exact) mass is 627 g/mol. The second kappa shape index (κ2) is 10.7. The predicted octanol–water partition coefficient (Wildman–Crippen LogP) is 5.52. The lowest BCUT2D eigenvalue weighted by Gasteiger charge is -2.22. The molecular weight excluding hydrogens is 603 g/mol. The SMILES string of the molecule is Cc1cc(I)ccc1Nc1c(C(=O)NOCC2CC2)cc(S(=O)(=O)N(C)c2ccccc2)c(F)c1F. The number of hydrogen-bond donors (Lipinski definition) is 2. The summed E-state index contributed by atoms with van der Waals surface area (Å²) in [7, 11) is -3.34. The molecule has 0 bridgehead atoms. The van der Waals surface area contributed by atoms with Gasteiger partial charge in [-0.25, -0.2) is 22.7 Å². The Morgan fingerprint density at radius 2 is 1.81 bits per heavy atom. The maximum atomic E-state index is 15.5. The van der Waals surface area contributed by atoms with Crippen LogP contribution in [0, 0.1) is 28.0 Å². The standard InChI is InChI=1S/C25H24F2IN3O4S/c1-15-12-17(28)10-11-20(15)29-24-19(25(32)30-35-14-16-8-9-16)13-21(22(26)23(24)27)36(33,34)31(2)18-6-4-3-5-7-18/h3-7,10-13,16,29H,8-9,14H2,1-2H3,(H,30,32). The van der Waals surface area contributed by atoms with E-state index in [0.717, 1.165) is 32.3 Å². The molecule has 1 saturated carbocycles. The number of anilines is 3. The summed E-state index contributed by atoms with van der Waals surface area (Å²) >= 11 is 2.12. The van der Waals surface area contributed by atoms with Crippen molar-refractivity contribution in [3.63, 3.8) is 0 Å². The van der Waals surface area contributed by atoms with Crippen LogP contribution in [0.4, 0.5) is 25.8 Å². The number of aryl methyl sites for hydroxylation is 1. The van der Waals surface area contributed by atoms with Crippen molar-refractivity contribution in [3.05, 3.63) is 80.9 Å². The summed E-state index contributed by atoms with van der Waals surface area (Å²) < 4.78 is 59.2. The van der Waals surface area contributed by atoms with E-state index in [9.17, 15) is 13.2 Å². The molecule has 2 N–H and O–H groups in total. The molecule has 0 atom stereocenters. The Balaban J connectivity index is 1.79. The van der Waals surface area contributed by atoms with Gasteiger partial charge in [-0.1, -0.05) is 18.2 Å². The molecule has 0 aromatic heterocycles. The van der Waals surface area contributed by atoms with Crippen LogP contribution in [0.2, 0.25) is 0 Å². The van der Waals surface area contributed by atoms with Gasteiger partial charge in [0, 0.05) is 16.3 Å². The van der Waals surface area contributed by atoms with E-state index in [0.29, 0.717) is 11.6 Å². The lowest BCUT2D eigenvalue weighted by Crippen LogP contribution is -2.30. The molecule has 11 heteroatoms. The summed E-state index contributed by atoms with van der Waals surface area (Å²) in [5.74, 6) is -3.67. The largest absolute Gasteiger partial charge is 0.352 e. The number of halogens is 3. The molecule has 0 aliphatic heterocycles. The fraction of sp³-hybridized carbons (Fsp3) is 0.240. The predicted molar refractivity (Wildman–Crippen MR) is 142 cm³/mol. The number of rotatable bonds is 9. The zero-order valence-electron chi connectivity index (χ0n) is 19.5. The van der Waals surface area contributed by atoms with Gasteiger partial charge >= 0.3 is 0 Å². The second-order valence-electron chi connectivity index (χ2n) is 8.50. The highest BCUT2D eigenvalue weighted by Gasteiger charge is 2.32. The smallest absolute Gasteiger partial charge is 0.277 e. The van der Waals surface area contributed by atoms with Gasteiger partial charge in [-0.2, -0.15) is 0 Å². The quantitative estimate of drug-likeness (QED) is 0.241. The van der Waals surface area contributed by atoms with Crippen LogP contribution in [-0.4, -0.2) is 28.0 Å². The van der Waals surface area contributed by atoms with Crippen molar-refractivity contribution >= 4 is 55.6 Å². The highest BCUT2D eigenvalue weighted by atomic mass is 127. The first-order valence-electron chi connectivity index (χ1n) is 11.1. The summed E-state index contributed by atoms with van der Waals surface area (Å²) in [6, 6.07) is 14.0. The highest BCUT2D eigenvalue weighted by Crippen LogP contribution is 2.34. The molecule has 4 rings (SSSR count). The molecule has 3 aromatic rings. The number of hydroxylamine groups is 1. The number of benzene rings is 3. The van der Waals surface area contributed by atoms with Crippen molar-refractivity contribution in [2.24, 2.45) is 5.92 Å². The van der Waals surface area contributed by atoms with Gasteiger partial charge in [0.2, 0.25) is 0 Å². The zero-order chi connectivity index (χ0) is 26.0. The van der Waals surface area contributed by atoms with Crippen molar-refractivity contribution in [2.45, 2.75) is 24.7 Å². The molecule has 0 heterocycles. The van der Waals surface area contributed by atoms with Gasteiger partial charge in [0.1, 0.15) is 4.90 Å². The van der Waals surface area contributed by atoms with Crippen molar-refractivity contribution in [1.82, 2.24) is 5.48 Å². The minimum absolute atomic E-state index is 0.243. The molecule has 190 valence electrons. The lowest BCUT2D eigenvalue weighted by molar-refractivity contribution is 0.0270. The fourth-order valence-corrected chi connectivity index (χ4v) is 5.41. The van der Waals surface area contributed by atoms with Gasteiger partial charge in [-0.15, -0.1) is 0 Å². The van der Waals surface area contributed by atoms with Crippen LogP contribution >= 0.6 is 22.6 Å². The Morgan fingerprint density at radius 3 is 2.44 bits per heavy atom. The molecule has 7 nitrogen and oxygen atoms in total. The van der Waals surface area contributed by atoms with Crippen LogP contribution in [0.15, 0.2) is 59.5 Å². The number of sulfonamides is 1. The summed E-state index contributed by atoms with van der Waals surface area (Å²) in [5, 5.41) is 2.77. The van der Waals surface area contributed by atoms with Crippen molar-refractivity contribution in [1.29, 1.82) is 0 Å². The fourth-order valence-electron chi connectivity index (χ4n) is 3.48. The molecule has 3 aromatic carbocycles. The molecule has 1 amide bonds. The molecule has 1 fully saturated rings. The third-order valence-corrected chi connectivity index (χ3v) is 8.26. The molecule has 0 radical (unpaired) electrons. The Bertz CT molecular complexity index is 1400. The van der Waals surface area contributed by atoms with Crippen molar-refractivity contribution in [2.75, 3.05) is 23.3 Å². The first-order chi connectivity index (χ1) is 17.1. The first-order valence-corrected chi connectivity index (χ1v) is 13.6. The number of nitrogens with zero attached hydrogens (tertiary/aromatic N) is 1. The van der Waals surface area contributed by atoms with E-state index in [1.807, 2.05) is 6.07 Å². The van der Waals surface area contributed by atoms with E-state index in [-0.39, 0.29) is 12.3 Å². The van der Waals surface area contributed by atoms with E-state index in [4.69, 9.17) is 4.84 Å². The molecule has 0 spiro atoms. The van der Waals surface area contributed by atoms with E-state index < -0.39 is 43.7 Å². The third-order valence-electron chi connectivity index (χ3n) is 5.81. The Kier molecular flexibility index (Phi) is 7.81. The Morgan fingerprint density at radius 1 is 1.11 bits per heavy atom. The normalized spacial score (nSPS) is 13.4. The molecule has 0 unspecified atom stereocenters. The lowest BCUT2D eigenvalue weighted by atomic mass is 10.1. The summed E-state index contributed by atoms with van der Waals surface area (Å²) in [6.45, 7) is 2.04. The summed E-state index contributed by atoms with van der Waals surface area (Å²) in [5.41, 5.74) is 2.71. The van der Waals surface area contributed by atoms with Crippen LogP contribution in [0.25, 0.3) is 0 Å². The van der Waals surface area contributed by atoms with Crippen LogP contribution < -0.4 is 15.1 Å². The van der Waals surface area contributed by atoms with Gasteiger partial charge < -0.3 is 5.32 Å². The third kappa shape index (κ3) is 5.62. The van der Waals surface area contributed by atoms with E-state index >= 15 is 8.78 Å². The van der Waals surface area contributed by atoms with Crippen LogP contribution in [0.1, 0.15) is 28.8 Å². The number of amides is 1. The van der Waals surface area contributed by atoms with Crippen LogP contribution in [-0.2, 0) is 14.9 Å². The number of carbonyl (C=O) groups is 1. The highest BCUT2D eigenvalue weighted by molar-refractivity contribution is 14.1. The summed E-state index contributed by atoms with van der Waals surface area (Å²) in [4.78, 5) is 17.3. The van der Waals surface area contributed by atoms with Crippen molar-refractivity contribution in [3.8, 4) is 0 Å². The van der Waals surface area contributed by atoms with Gasteiger partial charge in [0.05, 0.1) is 23.5 Å². The van der Waals surface area contributed by atoms with E-state index in [2.05, 4.69) is 33.4 Å². The molecular formula is C25H24F2IN3O4S. The van der Waals surface area contributed by atoms with Gasteiger partial charge in [0.15, 0.2) is 11.6 Å². The molecule has 0 saturated heterocycles. The van der Waals surface area contributed by atoms with Crippen LogP contribution in [0.3, 0.4) is 0 Å². The molecule has 36 heavy (non-hydrogen) atoms. The molecule has 1 aliphatic carbocycles. The zero-order valence-corrected chi connectivity index (χ0v) is 22.5. The topological polar surface area (TPSA) is 87.7 Å². The minimum atomic E-state index is -4.56. The second-order valence-corrected chi connectivity index (χ2v) is 11.7. The summed E-state index contributed by atoms with van der Waals surface area (Å²) in [6.07, 6.45) is 1.96. The Hall–Kier alpha value is -2.77. The van der Waals surface area contributed by atoms with E-state index in [1.165, 1.54) is 19.2 Å².